The van der Waals surface area contributed by atoms with Crippen molar-refractivity contribution in [1.29, 1.82) is 5.26 Å². The summed E-state index contributed by atoms with van der Waals surface area (Å²) in [6, 6.07) is 7.82. The molecule has 9 heteroatoms. The molecule has 142 valence electrons. The molecule has 1 aliphatic rings. The van der Waals surface area contributed by atoms with Crippen molar-refractivity contribution in [3.63, 3.8) is 0 Å². The Bertz CT molecular complexity index is 1010. The smallest absolute Gasteiger partial charge is 0.158 e. The summed E-state index contributed by atoms with van der Waals surface area (Å²) in [6.07, 6.45) is 5.75. The van der Waals surface area contributed by atoms with Gasteiger partial charge in [0, 0.05) is 17.8 Å². The molecule has 0 spiro atoms. The van der Waals surface area contributed by atoms with Gasteiger partial charge in [-0.05, 0) is 38.3 Å². The van der Waals surface area contributed by atoms with Crippen LogP contribution < -0.4 is 15.8 Å². The predicted molar refractivity (Wildman–Crippen MR) is 103 cm³/mol. The van der Waals surface area contributed by atoms with Gasteiger partial charge in [0.2, 0.25) is 0 Å². The minimum atomic E-state index is 0.104. The third-order valence-electron chi connectivity index (χ3n) is 4.57. The molecule has 9 nitrogen and oxygen atoms in total. The van der Waals surface area contributed by atoms with E-state index in [-0.39, 0.29) is 17.8 Å². The van der Waals surface area contributed by atoms with Gasteiger partial charge >= 0.3 is 0 Å². The van der Waals surface area contributed by atoms with E-state index < -0.39 is 0 Å². The van der Waals surface area contributed by atoms with Crippen LogP contribution in [0.5, 0.6) is 5.75 Å². The van der Waals surface area contributed by atoms with E-state index in [0.717, 1.165) is 30.7 Å². The van der Waals surface area contributed by atoms with Crippen molar-refractivity contribution in [3.05, 3.63) is 42.0 Å². The Labute approximate surface area is 162 Å². The van der Waals surface area contributed by atoms with Gasteiger partial charge in [0.05, 0.1) is 18.1 Å². The van der Waals surface area contributed by atoms with E-state index in [1.807, 2.05) is 31.2 Å². The normalized spacial score (nSPS) is 18.6. The second-order valence-electron chi connectivity index (χ2n) is 6.80. The molecule has 0 radical (unpaired) electrons. The fourth-order valence-corrected chi connectivity index (χ4v) is 3.18. The van der Waals surface area contributed by atoms with Gasteiger partial charge in [0.15, 0.2) is 11.5 Å². The highest BCUT2D eigenvalue weighted by Gasteiger charge is 2.25. The first-order chi connectivity index (χ1) is 13.6. The zero-order valence-corrected chi connectivity index (χ0v) is 15.4. The molecule has 2 atom stereocenters. The topological polar surface area (TPSA) is 138 Å². The van der Waals surface area contributed by atoms with Gasteiger partial charge in [-0.2, -0.15) is 10.4 Å². The molecule has 0 amide bonds. The lowest BCUT2D eigenvalue weighted by molar-refractivity contribution is 0.208. The van der Waals surface area contributed by atoms with Crippen molar-refractivity contribution < 1.29 is 4.74 Å². The third kappa shape index (κ3) is 3.92. The van der Waals surface area contributed by atoms with Crippen molar-refractivity contribution in [1.82, 2.24) is 25.1 Å². The summed E-state index contributed by atoms with van der Waals surface area (Å²) in [7, 11) is 0. The molecule has 1 aliphatic carbocycles. The highest BCUT2D eigenvalue weighted by atomic mass is 16.5. The first kappa shape index (κ1) is 17.9. The van der Waals surface area contributed by atoms with Crippen LogP contribution in [-0.2, 0) is 0 Å². The summed E-state index contributed by atoms with van der Waals surface area (Å²) in [4.78, 5) is 12.7. The molecule has 3 aromatic heterocycles. The van der Waals surface area contributed by atoms with Crippen molar-refractivity contribution in [2.75, 3.05) is 5.32 Å². The Balaban J connectivity index is 1.55. The maximum Gasteiger partial charge on any atom is 0.158 e. The molecular formula is C19H20N8O. The fraction of sp³-hybridized carbons (Fsp3) is 0.316. The average molecular weight is 376 g/mol. The minimum Gasteiger partial charge on any atom is -0.488 e. The zero-order chi connectivity index (χ0) is 19.5. The lowest BCUT2D eigenvalue weighted by atomic mass is 10.2. The molecule has 4 N–H and O–H groups in total. The van der Waals surface area contributed by atoms with Crippen LogP contribution in [0.1, 0.15) is 30.7 Å². The van der Waals surface area contributed by atoms with Gasteiger partial charge < -0.3 is 15.8 Å². The summed E-state index contributed by atoms with van der Waals surface area (Å²) in [6.45, 7) is 1.93. The molecule has 1 fully saturated rings. The molecular weight excluding hydrogens is 356 g/mol. The van der Waals surface area contributed by atoms with E-state index in [1.165, 1.54) is 12.4 Å². The number of pyridine rings is 1. The van der Waals surface area contributed by atoms with Crippen LogP contribution in [0.25, 0.3) is 11.4 Å². The number of rotatable bonds is 5. The lowest BCUT2D eigenvalue weighted by Gasteiger charge is -2.16. The van der Waals surface area contributed by atoms with Crippen LogP contribution in [-0.4, -0.2) is 37.3 Å². The number of nitrogens with one attached hydrogen (secondary N) is 2. The van der Waals surface area contributed by atoms with Crippen LogP contribution >= 0.6 is 0 Å². The Morgan fingerprint density at radius 2 is 2.14 bits per heavy atom. The van der Waals surface area contributed by atoms with Crippen LogP contribution in [0.4, 0.5) is 11.6 Å². The molecule has 28 heavy (non-hydrogen) atoms. The van der Waals surface area contributed by atoms with E-state index in [4.69, 9.17) is 15.7 Å². The van der Waals surface area contributed by atoms with Crippen molar-refractivity contribution in [3.8, 4) is 23.2 Å². The number of ether oxygens (including phenoxy) is 1. The second-order valence-corrected chi connectivity index (χ2v) is 6.80. The van der Waals surface area contributed by atoms with E-state index in [1.54, 1.807) is 0 Å². The van der Waals surface area contributed by atoms with Gasteiger partial charge in [-0.1, -0.05) is 0 Å². The summed E-state index contributed by atoms with van der Waals surface area (Å²) in [5.74, 6) is 1.76. The largest absolute Gasteiger partial charge is 0.488 e. The summed E-state index contributed by atoms with van der Waals surface area (Å²) in [5, 5.41) is 19.1. The Morgan fingerprint density at radius 1 is 1.25 bits per heavy atom. The van der Waals surface area contributed by atoms with Crippen molar-refractivity contribution in [2.45, 2.75) is 38.3 Å². The molecule has 3 heterocycles. The van der Waals surface area contributed by atoms with E-state index >= 15 is 0 Å². The maximum absolute atomic E-state index is 8.80. The number of aromatic amines is 1. The number of H-pyrrole nitrogens is 1. The van der Waals surface area contributed by atoms with Crippen molar-refractivity contribution >= 4 is 11.6 Å². The molecule has 0 aliphatic heterocycles. The highest BCUT2D eigenvalue weighted by molar-refractivity contribution is 5.67. The standard InChI is InChI=1S/C19H20N8O/c1-11-2-5-16(28-14-4-3-12(21)6-14)19(24-11)15-7-17(27-26-15)25-18-10-22-13(8-20)9-23-18/h2,5,7,9-10,12,14H,3-4,6,21H2,1H3,(H2,23,25,26,27)/t12-,14+/m0/s1. The zero-order valence-electron chi connectivity index (χ0n) is 15.4. The van der Waals surface area contributed by atoms with E-state index in [9.17, 15) is 0 Å². The summed E-state index contributed by atoms with van der Waals surface area (Å²) in [5.41, 5.74) is 8.56. The molecule has 0 unspecified atom stereocenters. The van der Waals surface area contributed by atoms with Gasteiger partial charge in [0.1, 0.15) is 29.4 Å². The lowest BCUT2D eigenvalue weighted by Crippen LogP contribution is -2.19. The SMILES string of the molecule is Cc1ccc(O[C@@H]2CC[C@H](N)C2)c(-c2cc(Nc3cnc(C#N)cn3)n[nH]2)n1. The molecule has 3 aromatic rings. The number of aromatic nitrogens is 5. The van der Waals surface area contributed by atoms with Crippen LogP contribution in [0, 0.1) is 18.3 Å². The number of hydrogen-bond donors (Lipinski definition) is 3. The number of nitrogens with two attached hydrogens (primary N) is 1. The fourth-order valence-electron chi connectivity index (χ4n) is 3.18. The number of anilines is 2. The molecule has 0 aromatic carbocycles. The molecule has 0 saturated heterocycles. The number of nitriles is 1. The Kier molecular flexibility index (Phi) is 4.87. The first-order valence-electron chi connectivity index (χ1n) is 9.05. The van der Waals surface area contributed by atoms with E-state index in [0.29, 0.717) is 23.1 Å². The minimum absolute atomic E-state index is 0.104. The summed E-state index contributed by atoms with van der Waals surface area (Å²) < 4.78 is 6.18. The maximum atomic E-state index is 8.80. The third-order valence-corrected chi connectivity index (χ3v) is 4.57. The second kappa shape index (κ2) is 7.62. The highest BCUT2D eigenvalue weighted by Crippen LogP contribution is 2.32. The predicted octanol–water partition coefficient (Wildman–Crippen LogP) is 2.44. The van der Waals surface area contributed by atoms with Gasteiger partial charge in [-0.3, -0.25) is 5.10 Å². The Hall–Kier alpha value is -3.51. The number of hydrogen-bond acceptors (Lipinski definition) is 8. The first-order valence-corrected chi connectivity index (χ1v) is 9.05. The molecule has 4 rings (SSSR count). The summed E-state index contributed by atoms with van der Waals surface area (Å²) >= 11 is 0. The van der Waals surface area contributed by atoms with Gasteiger partial charge in [-0.15, -0.1) is 0 Å². The molecule has 0 bridgehead atoms. The van der Waals surface area contributed by atoms with Crippen LogP contribution in [0.2, 0.25) is 0 Å². The van der Waals surface area contributed by atoms with Crippen LogP contribution in [0.3, 0.4) is 0 Å². The number of nitrogens with zero attached hydrogens (tertiary/aromatic N) is 5. The van der Waals surface area contributed by atoms with Crippen LogP contribution in [0.15, 0.2) is 30.6 Å². The quantitative estimate of drug-likeness (QED) is 0.617. The van der Waals surface area contributed by atoms with E-state index in [2.05, 4.69) is 30.5 Å². The monoisotopic (exact) mass is 376 g/mol. The van der Waals surface area contributed by atoms with Crippen molar-refractivity contribution in [2.24, 2.45) is 5.73 Å². The Morgan fingerprint density at radius 3 is 2.86 bits per heavy atom. The van der Waals surface area contributed by atoms with Gasteiger partial charge in [-0.25, -0.2) is 15.0 Å². The van der Waals surface area contributed by atoms with Gasteiger partial charge in [0.25, 0.3) is 0 Å². The number of aryl methyl sites for hydroxylation is 1. The average Bonchev–Trinajstić information content (AvgIpc) is 3.33. The molecule has 1 saturated carbocycles.